The number of aliphatic imine (C=N–C) groups is 1. The number of anilines is 1. The van der Waals surface area contributed by atoms with Crippen molar-refractivity contribution in [1.82, 2.24) is 9.80 Å². The van der Waals surface area contributed by atoms with Gasteiger partial charge in [-0.1, -0.05) is 5.56 Å². The Labute approximate surface area is 279 Å². The van der Waals surface area contributed by atoms with Crippen LogP contribution < -0.4 is 5.32 Å². The molecule has 1 aliphatic carbocycles. The molecule has 0 atom stereocenters. The van der Waals surface area contributed by atoms with Crippen LogP contribution in [0.3, 0.4) is 0 Å². The van der Waals surface area contributed by atoms with Crippen LogP contribution >= 0.6 is 0 Å². The molecule has 0 aromatic heterocycles. The Morgan fingerprint density at radius 3 is 2.36 bits per heavy atom. The molecule has 2 aliphatic rings. The minimum absolute atomic E-state index is 0. The Balaban J connectivity index is 0.00000552. The number of benzene rings is 2. The maximum absolute atomic E-state index is 13.2. The van der Waals surface area contributed by atoms with E-state index in [1.165, 1.54) is 12.1 Å². The standard InChI is InChI=1S/C29H31F6N5O4.U/c30-28(31,32)21-2-1-3-22(16-21)36-10-11-38-12-14-39(15-13-38)27(41)19-44-24-7-4-20(5-8-24)18-37-23-6-9-26(40(42)43)25(17-23)29(33,34)35;/h1-2,6,9,16-17,20,24,37H,4-5,7-8,11-15,18-19H2;/q-2;+2. The number of nitrogens with zero attached hydrogens (tertiary/aromatic N) is 4. The Kier molecular flexibility index (Phi) is 13.3. The number of hydrogen-bond acceptors (Lipinski definition) is 7. The third-order valence-corrected chi connectivity index (χ3v) is 7.66. The van der Waals surface area contributed by atoms with E-state index in [2.05, 4.69) is 22.6 Å². The fourth-order valence-electron chi connectivity index (χ4n) is 5.15. The minimum atomic E-state index is -4.84. The Morgan fingerprint density at radius 1 is 1.04 bits per heavy atom. The average Bonchev–Trinajstić information content (AvgIpc) is 2.99. The van der Waals surface area contributed by atoms with Crippen LogP contribution in [-0.2, 0) is 21.9 Å². The molecule has 4 rings (SSSR count). The quantitative estimate of drug-likeness (QED) is 0.106. The number of alkyl halides is 6. The largest absolute Gasteiger partial charge is 2.00 e. The van der Waals surface area contributed by atoms with E-state index in [0.717, 1.165) is 37.1 Å². The third kappa shape index (κ3) is 11.0. The molecule has 0 bridgehead atoms. The molecule has 9 nitrogen and oxygen atoms in total. The van der Waals surface area contributed by atoms with Gasteiger partial charge in [0.1, 0.15) is 12.2 Å². The molecule has 2 aromatic carbocycles. The molecule has 1 aliphatic heterocycles. The van der Waals surface area contributed by atoms with Crippen molar-refractivity contribution < 1.29 is 71.9 Å². The van der Waals surface area contributed by atoms with Crippen LogP contribution in [-0.4, -0.2) is 78.8 Å². The van der Waals surface area contributed by atoms with Gasteiger partial charge in [0.2, 0.25) is 5.91 Å². The topological polar surface area (TPSA) is 100 Å². The van der Waals surface area contributed by atoms with Crippen molar-refractivity contribution in [2.75, 3.05) is 51.2 Å². The minimum Gasteiger partial charge on any atom is -0.480 e. The molecule has 1 N–H and O–H groups in total. The Hall–Kier alpha value is -2.67. The van der Waals surface area contributed by atoms with E-state index >= 15 is 0 Å². The van der Waals surface area contributed by atoms with Gasteiger partial charge in [-0.05, 0) is 50.3 Å². The van der Waals surface area contributed by atoms with Crippen molar-refractivity contribution in [2.45, 2.75) is 44.1 Å². The number of ether oxygens (including phenoxy) is 1. The summed E-state index contributed by atoms with van der Waals surface area (Å²) in [6, 6.07) is 8.51. The molecule has 16 heteroatoms. The molecule has 1 amide bonds. The zero-order valence-corrected chi connectivity index (χ0v) is 28.3. The number of carbonyl (C=O) groups excluding carboxylic acids is 1. The van der Waals surface area contributed by atoms with E-state index in [-0.39, 0.29) is 67.0 Å². The van der Waals surface area contributed by atoms with Crippen molar-refractivity contribution >= 4 is 29.2 Å². The molecule has 1 saturated heterocycles. The van der Waals surface area contributed by atoms with Crippen LogP contribution in [0.25, 0.3) is 0 Å². The SMILES string of the molecule is O=C(COC1CCC(CNc2ccc([N+](=O)[O-])c(C(F)(F)F)c2)CC1)N1CCN(C[C-]=Nc2[c-]ccc(C(F)(F)F)c2)CC1.[U+2]. The van der Waals surface area contributed by atoms with Crippen LogP contribution in [0.1, 0.15) is 36.8 Å². The first-order valence-corrected chi connectivity index (χ1v) is 14.0. The van der Waals surface area contributed by atoms with Crippen molar-refractivity contribution in [3.8, 4) is 0 Å². The van der Waals surface area contributed by atoms with Gasteiger partial charge in [-0.25, -0.2) is 11.8 Å². The number of piperazine rings is 1. The van der Waals surface area contributed by atoms with Crippen LogP contribution in [0, 0.1) is 53.2 Å². The summed E-state index contributed by atoms with van der Waals surface area (Å²) in [5, 5.41) is 13.9. The molecule has 0 unspecified atom stereocenters. The molecular weight excluding hydrogens is 834 g/mol. The van der Waals surface area contributed by atoms with Gasteiger partial charge in [0.25, 0.3) is 5.69 Å². The fourth-order valence-corrected chi connectivity index (χ4v) is 5.15. The molecule has 2 aromatic rings. The summed E-state index contributed by atoms with van der Waals surface area (Å²) in [5.74, 6) is 0.0401. The Morgan fingerprint density at radius 2 is 1.73 bits per heavy atom. The zero-order valence-electron chi connectivity index (χ0n) is 24.1. The van der Waals surface area contributed by atoms with Gasteiger partial charge < -0.3 is 24.8 Å². The van der Waals surface area contributed by atoms with E-state index in [0.29, 0.717) is 52.1 Å². The predicted molar refractivity (Wildman–Crippen MR) is 149 cm³/mol. The number of nitrogens with one attached hydrogen (secondary N) is 1. The molecule has 45 heavy (non-hydrogen) atoms. The van der Waals surface area contributed by atoms with E-state index in [4.69, 9.17) is 4.74 Å². The number of amides is 1. The summed E-state index contributed by atoms with van der Waals surface area (Å²) < 4.78 is 84.0. The van der Waals surface area contributed by atoms with Crippen molar-refractivity contribution in [3.05, 3.63) is 63.7 Å². The average molecular weight is 866 g/mol. The summed E-state index contributed by atoms with van der Waals surface area (Å²) in [7, 11) is 0. The normalized spacial score (nSPS) is 19.7. The van der Waals surface area contributed by atoms with Gasteiger partial charge in [-0.2, -0.15) is 44.7 Å². The van der Waals surface area contributed by atoms with E-state index in [9.17, 15) is 41.3 Å². The smallest absolute Gasteiger partial charge is 0.480 e. The van der Waals surface area contributed by atoms with Crippen LogP contribution in [0.2, 0.25) is 0 Å². The van der Waals surface area contributed by atoms with Gasteiger partial charge >= 0.3 is 43.5 Å². The van der Waals surface area contributed by atoms with Crippen LogP contribution in [0.4, 0.5) is 43.4 Å². The molecule has 1 saturated carbocycles. The maximum atomic E-state index is 13.2. The van der Waals surface area contributed by atoms with Crippen molar-refractivity contribution in [1.29, 1.82) is 0 Å². The molecule has 0 spiro atoms. The van der Waals surface area contributed by atoms with Gasteiger partial charge in [-0.3, -0.25) is 21.0 Å². The van der Waals surface area contributed by atoms with Gasteiger partial charge in [0.05, 0.1) is 11.0 Å². The van der Waals surface area contributed by atoms with Crippen LogP contribution in [0.15, 0.2) is 41.4 Å². The van der Waals surface area contributed by atoms with Gasteiger partial charge in [0, 0.05) is 44.5 Å². The molecule has 242 valence electrons. The molecular formula is C29H31F6N5O4U. The number of carbonyl (C=O) groups is 1. The summed E-state index contributed by atoms with van der Waals surface area (Å²) in [5.41, 5.74) is -2.89. The molecule has 0 radical (unpaired) electrons. The number of halogens is 6. The first-order valence-electron chi connectivity index (χ1n) is 14.0. The summed E-state index contributed by atoms with van der Waals surface area (Å²) in [4.78, 5) is 30.2. The number of rotatable bonds is 10. The first-order chi connectivity index (χ1) is 20.8. The number of nitro benzene ring substituents is 1. The molecule has 2 fully saturated rings. The van der Waals surface area contributed by atoms with Crippen LogP contribution in [0.5, 0.6) is 0 Å². The number of hydrogen-bond donors (Lipinski definition) is 1. The van der Waals surface area contributed by atoms with E-state index in [1.807, 2.05) is 4.90 Å². The maximum Gasteiger partial charge on any atom is 2.00 e. The summed E-state index contributed by atoms with van der Waals surface area (Å²) >= 11 is 0. The van der Waals surface area contributed by atoms with E-state index < -0.39 is 34.1 Å². The van der Waals surface area contributed by atoms with E-state index in [1.54, 1.807) is 4.90 Å². The van der Waals surface area contributed by atoms with Crippen molar-refractivity contribution in [3.63, 3.8) is 0 Å². The van der Waals surface area contributed by atoms with Gasteiger partial charge in [-0.15, -0.1) is 0 Å². The molecule has 1 heterocycles. The fraction of sp³-hybridized carbons (Fsp3) is 0.517. The number of nitro groups is 1. The van der Waals surface area contributed by atoms with Crippen molar-refractivity contribution in [2.24, 2.45) is 10.9 Å². The van der Waals surface area contributed by atoms with Gasteiger partial charge in [0.15, 0.2) is 0 Å². The Bertz CT molecular complexity index is 1330. The second-order valence-corrected chi connectivity index (χ2v) is 10.7. The third-order valence-electron chi connectivity index (χ3n) is 7.66. The first kappa shape index (κ1) is 36.8. The second kappa shape index (κ2) is 16.2. The predicted octanol–water partition coefficient (Wildman–Crippen LogP) is 5.84. The zero-order chi connectivity index (χ0) is 31.9. The summed E-state index contributed by atoms with van der Waals surface area (Å²) in [6.07, 6.45) is -3.77. The summed E-state index contributed by atoms with van der Waals surface area (Å²) in [6.45, 7) is 2.69. The second-order valence-electron chi connectivity index (χ2n) is 10.7. The monoisotopic (exact) mass is 865 g/mol.